The Morgan fingerprint density at radius 2 is 2.07 bits per heavy atom. The van der Waals surface area contributed by atoms with Crippen molar-refractivity contribution in [1.29, 1.82) is 0 Å². The van der Waals surface area contributed by atoms with Gasteiger partial charge in [0, 0.05) is 31.1 Å². The molecule has 0 radical (unpaired) electrons. The fourth-order valence-electron chi connectivity index (χ4n) is 4.60. The lowest BCUT2D eigenvalue weighted by Crippen LogP contribution is -2.33. The second-order valence-electron chi connectivity index (χ2n) is 8.25. The van der Waals surface area contributed by atoms with E-state index in [1.54, 1.807) is 0 Å². The van der Waals surface area contributed by atoms with E-state index >= 15 is 0 Å². The number of nitrogens with one attached hydrogen (secondary N) is 1. The van der Waals surface area contributed by atoms with E-state index in [1.807, 2.05) is 4.68 Å². The SMILES string of the molecule is CCC1(c2cn(CCCNC(=O)C[C@@H]3CCCC[C@@H]3C(=O)O)nn2)CCC1. The maximum atomic E-state index is 12.2. The Morgan fingerprint density at radius 3 is 2.74 bits per heavy atom. The predicted octanol–water partition coefficient (Wildman–Crippen LogP) is 2.90. The van der Waals surface area contributed by atoms with Crippen LogP contribution in [-0.4, -0.2) is 38.5 Å². The van der Waals surface area contributed by atoms with Gasteiger partial charge in [0.15, 0.2) is 0 Å². The van der Waals surface area contributed by atoms with E-state index in [0.717, 1.165) is 44.3 Å². The molecule has 7 heteroatoms. The van der Waals surface area contributed by atoms with E-state index in [9.17, 15) is 14.7 Å². The van der Waals surface area contributed by atoms with Gasteiger partial charge < -0.3 is 10.4 Å². The van der Waals surface area contributed by atoms with Crippen molar-refractivity contribution < 1.29 is 14.7 Å². The summed E-state index contributed by atoms with van der Waals surface area (Å²) in [5, 5.41) is 20.9. The highest BCUT2D eigenvalue weighted by atomic mass is 16.4. The van der Waals surface area contributed by atoms with Gasteiger partial charge in [-0.15, -0.1) is 5.10 Å². The molecule has 7 nitrogen and oxygen atoms in total. The van der Waals surface area contributed by atoms with E-state index in [-0.39, 0.29) is 23.2 Å². The predicted molar refractivity (Wildman–Crippen MR) is 101 cm³/mol. The summed E-state index contributed by atoms with van der Waals surface area (Å²) in [6, 6.07) is 0. The first kappa shape index (κ1) is 19.8. The van der Waals surface area contributed by atoms with E-state index in [4.69, 9.17) is 0 Å². The lowest BCUT2D eigenvalue weighted by Gasteiger charge is -2.39. The number of aromatic nitrogens is 3. The zero-order valence-electron chi connectivity index (χ0n) is 16.3. The molecule has 2 N–H and O–H groups in total. The number of aliphatic carboxylic acids is 1. The number of hydrogen-bond acceptors (Lipinski definition) is 4. The number of carbonyl (C=O) groups is 2. The molecule has 2 aliphatic carbocycles. The molecular weight excluding hydrogens is 344 g/mol. The minimum Gasteiger partial charge on any atom is -0.481 e. The van der Waals surface area contributed by atoms with Gasteiger partial charge in [-0.1, -0.05) is 31.4 Å². The summed E-state index contributed by atoms with van der Waals surface area (Å²) >= 11 is 0. The van der Waals surface area contributed by atoms with Crippen LogP contribution in [0.15, 0.2) is 6.20 Å². The van der Waals surface area contributed by atoms with Gasteiger partial charge in [0.2, 0.25) is 5.91 Å². The third kappa shape index (κ3) is 4.68. The van der Waals surface area contributed by atoms with Crippen LogP contribution < -0.4 is 5.32 Å². The van der Waals surface area contributed by atoms with Crippen LogP contribution in [0.4, 0.5) is 0 Å². The van der Waals surface area contributed by atoms with Crippen molar-refractivity contribution in [3.8, 4) is 0 Å². The highest BCUT2D eigenvalue weighted by Crippen LogP contribution is 2.45. The van der Waals surface area contributed by atoms with Gasteiger partial charge in [-0.25, -0.2) is 0 Å². The normalized spacial score (nSPS) is 24.2. The molecule has 1 heterocycles. The van der Waals surface area contributed by atoms with Crippen LogP contribution in [0.5, 0.6) is 0 Å². The zero-order chi connectivity index (χ0) is 19.3. The van der Waals surface area contributed by atoms with Crippen molar-refractivity contribution in [2.45, 2.75) is 83.1 Å². The first-order valence-corrected chi connectivity index (χ1v) is 10.4. The highest BCUT2D eigenvalue weighted by molar-refractivity contribution is 5.77. The van der Waals surface area contributed by atoms with Crippen LogP contribution >= 0.6 is 0 Å². The van der Waals surface area contributed by atoms with Crippen LogP contribution in [0.1, 0.15) is 76.8 Å². The van der Waals surface area contributed by atoms with Crippen LogP contribution in [0.2, 0.25) is 0 Å². The van der Waals surface area contributed by atoms with Crippen LogP contribution in [-0.2, 0) is 21.5 Å². The average Bonchev–Trinajstić information content (AvgIpc) is 3.08. The van der Waals surface area contributed by atoms with E-state index in [2.05, 4.69) is 28.7 Å². The molecule has 1 aromatic rings. The fraction of sp³-hybridized carbons (Fsp3) is 0.800. The average molecular weight is 377 g/mol. The number of carbonyl (C=O) groups excluding carboxylic acids is 1. The van der Waals surface area contributed by atoms with Crippen molar-refractivity contribution in [2.75, 3.05) is 6.54 Å². The second-order valence-corrected chi connectivity index (χ2v) is 8.25. The van der Waals surface area contributed by atoms with Gasteiger partial charge in [0.1, 0.15) is 0 Å². The maximum Gasteiger partial charge on any atom is 0.306 e. The van der Waals surface area contributed by atoms with Gasteiger partial charge in [-0.2, -0.15) is 0 Å². The number of aryl methyl sites for hydroxylation is 1. The number of carboxylic acid groups (broad SMARTS) is 1. The molecule has 27 heavy (non-hydrogen) atoms. The minimum absolute atomic E-state index is 0.0261. The Kier molecular flexibility index (Phi) is 6.50. The van der Waals surface area contributed by atoms with Gasteiger partial charge in [0.25, 0.3) is 0 Å². The molecule has 0 bridgehead atoms. The Bertz CT molecular complexity index is 648. The monoisotopic (exact) mass is 376 g/mol. The summed E-state index contributed by atoms with van der Waals surface area (Å²) in [6.45, 7) is 3.53. The van der Waals surface area contributed by atoms with Crippen molar-refractivity contribution in [3.05, 3.63) is 11.9 Å². The quantitative estimate of drug-likeness (QED) is 0.646. The molecule has 1 amide bonds. The molecule has 0 spiro atoms. The molecule has 0 aliphatic heterocycles. The first-order valence-electron chi connectivity index (χ1n) is 10.4. The third-order valence-electron chi connectivity index (χ3n) is 6.63. The van der Waals surface area contributed by atoms with E-state index in [0.29, 0.717) is 19.4 Å². The van der Waals surface area contributed by atoms with Crippen LogP contribution in [0.25, 0.3) is 0 Å². The summed E-state index contributed by atoms with van der Waals surface area (Å²) in [6.07, 6.45) is 11.5. The Morgan fingerprint density at radius 1 is 1.30 bits per heavy atom. The Labute approximate surface area is 160 Å². The first-order chi connectivity index (χ1) is 13.0. The standard InChI is InChI=1S/C20H32N4O3/c1-2-20(9-5-10-20)17-14-24(23-22-17)12-6-11-21-18(25)13-15-7-3-4-8-16(15)19(26)27/h14-16H,2-13H2,1H3,(H,21,25)(H,26,27)/t15-,16-/m0/s1. The molecule has 2 fully saturated rings. The lowest BCUT2D eigenvalue weighted by molar-refractivity contribution is -0.145. The summed E-state index contributed by atoms with van der Waals surface area (Å²) in [5.74, 6) is -1.19. The van der Waals surface area contributed by atoms with Gasteiger partial charge in [-0.3, -0.25) is 14.3 Å². The number of rotatable bonds is 9. The zero-order valence-corrected chi connectivity index (χ0v) is 16.3. The summed E-state index contributed by atoms with van der Waals surface area (Å²) < 4.78 is 1.87. The minimum atomic E-state index is -0.759. The van der Waals surface area contributed by atoms with Gasteiger partial charge >= 0.3 is 5.97 Å². The molecule has 0 aromatic carbocycles. The van der Waals surface area contributed by atoms with Gasteiger partial charge in [0.05, 0.1) is 11.6 Å². The molecule has 2 saturated carbocycles. The number of amides is 1. The van der Waals surface area contributed by atoms with Crippen molar-refractivity contribution in [3.63, 3.8) is 0 Å². The summed E-state index contributed by atoms with van der Waals surface area (Å²) in [4.78, 5) is 23.5. The van der Waals surface area contributed by atoms with Crippen molar-refractivity contribution >= 4 is 11.9 Å². The topological polar surface area (TPSA) is 97.1 Å². The number of nitrogens with zero attached hydrogens (tertiary/aromatic N) is 3. The van der Waals surface area contributed by atoms with Crippen LogP contribution in [0.3, 0.4) is 0 Å². The molecule has 2 aliphatic rings. The second kappa shape index (κ2) is 8.85. The number of hydrogen-bond donors (Lipinski definition) is 2. The van der Waals surface area contributed by atoms with Crippen molar-refractivity contribution in [1.82, 2.24) is 20.3 Å². The van der Waals surface area contributed by atoms with Gasteiger partial charge in [-0.05, 0) is 44.4 Å². The van der Waals surface area contributed by atoms with Crippen LogP contribution in [0, 0.1) is 11.8 Å². The number of carboxylic acids is 1. The fourth-order valence-corrected chi connectivity index (χ4v) is 4.60. The molecule has 1 aromatic heterocycles. The molecule has 2 atom stereocenters. The highest BCUT2D eigenvalue weighted by Gasteiger charge is 2.39. The molecular formula is C20H32N4O3. The molecule has 0 saturated heterocycles. The molecule has 0 unspecified atom stereocenters. The van der Waals surface area contributed by atoms with Crippen molar-refractivity contribution in [2.24, 2.45) is 11.8 Å². The smallest absolute Gasteiger partial charge is 0.306 e. The van der Waals surface area contributed by atoms with E-state index < -0.39 is 5.97 Å². The Hall–Kier alpha value is -1.92. The Balaban J connectivity index is 1.38. The summed E-state index contributed by atoms with van der Waals surface area (Å²) in [7, 11) is 0. The third-order valence-corrected chi connectivity index (χ3v) is 6.63. The largest absolute Gasteiger partial charge is 0.481 e. The maximum absolute atomic E-state index is 12.2. The molecule has 150 valence electrons. The van der Waals surface area contributed by atoms with E-state index in [1.165, 1.54) is 19.3 Å². The molecule has 3 rings (SSSR count). The summed E-state index contributed by atoms with van der Waals surface area (Å²) in [5.41, 5.74) is 1.35. The lowest BCUT2D eigenvalue weighted by atomic mass is 9.65.